The van der Waals surface area contributed by atoms with Crippen LogP contribution in [-0.2, 0) is 24.1 Å². The monoisotopic (exact) mass is 357 g/mol. The molecule has 1 amide bonds. The number of ether oxygens (including phenoxy) is 1. The lowest BCUT2D eigenvalue weighted by atomic mass is 9.89. The number of carbonyl (C=O) groups excluding carboxylic acids is 1. The van der Waals surface area contributed by atoms with Crippen molar-refractivity contribution in [2.75, 3.05) is 19.7 Å². The summed E-state index contributed by atoms with van der Waals surface area (Å²) in [5.74, 6) is 1.91. The van der Waals surface area contributed by atoms with E-state index in [9.17, 15) is 9.90 Å². The van der Waals surface area contributed by atoms with E-state index in [0.717, 1.165) is 29.7 Å². The summed E-state index contributed by atoms with van der Waals surface area (Å²) in [6.45, 7) is 3.41. The highest BCUT2D eigenvalue weighted by atomic mass is 16.5. The predicted molar refractivity (Wildman–Crippen MR) is 92.8 cm³/mol. The summed E-state index contributed by atoms with van der Waals surface area (Å²) in [5, 5.41) is 14.7. The smallest absolute Gasteiger partial charge is 0.229 e. The van der Waals surface area contributed by atoms with Gasteiger partial charge in [0.25, 0.3) is 0 Å². The third-order valence-electron chi connectivity index (χ3n) is 5.07. The van der Waals surface area contributed by atoms with Crippen LogP contribution < -0.4 is 4.74 Å². The summed E-state index contributed by atoms with van der Waals surface area (Å²) in [4.78, 5) is 18.7. The first-order chi connectivity index (χ1) is 12.5. The first-order valence-electron chi connectivity index (χ1n) is 9.05. The fraction of sp³-hybridized carbons (Fsp3) is 0.526. The zero-order valence-corrected chi connectivity index (χ0v) is 14.9. The van der Waals surface area contributed by atoms with E-state index < -0.39 is 5.60 Å². The van der Waals surface area contributed by atoms with Crippen LogP contribution in [0.15, 0.2) is 22.7 Å². The van der Waals surface area contributed by atoms with E-state index in [4.69, 9.17) is 9.26 Å². The second-order valence-electron chi connectivity index (χ2n) is 7.27. The van der Waals surface area contributed by atoms with E-state index in [1.165, 1.54) is 0 Å². The van der Waals surface area contributed by atoms with Crippen molar-refractivity contribution in [1.29, 1.82) is 0 Å². The summed E-state index contributed by atoms with van der Waals surface area (Å²) < 4.78 is 10.6. The van der Waals surface area contributed by atoms with Crippen LogP contribution in [0.5, 0.6) is 5.75 Å². The summed E-state index contributed by atoms with van der Waals surface area (Å²) in [6.07, 6.45) is 2.88. The normalized spacial score (nSPS) is 22.2. The molecule has 1 unspecified atom stereocenters. The van der Waals surface area contributed by atoms with Crippen molar-refractivity contribution in [2.24, 2.45) is 0 Å². The van der Waals surface area contributed by atoms with Gasteiger partial charge in [0.2, 0.25) is 11.8 Å². The fourth-order valence-electron chi connectivity index (χ4n) is 3.80. The molecule has 3 heterocycles. The molecule has 1 aromatic heterocycles. The lowest BCUT2D eigenvalue weighted by Gasteiger charge is -2.38. The molecule has 7 heteroatoms. The van der Waals surface area contributed by atoms with Crippen molar-refractivity contribution in [2.45, 2.75) is 44.6 Å². The summed E-state index contributed by atoms with van der Waals surface area (Å²) in [5.41, 5.74) is 1.14. The number of aryl methyl sites for hydroxylation is 1. The number of carbonyl (C=O) groups is 1. The van der Waals surface area contributed by atoms with Crippen molar-refractivity contribution in [3.05, 3.63) is 41.0 Å². The molecular weight excluding hydrogens is 334 g/mol. The van der Waals surface area contributed by atoms with Gasteiger partial charge < -0.3 is 19.3 Å². The number of hydrogen-bond acceptors (Lipinski definition) is 6. The maximum absolute atomic E-state index is 12.7. The highest BCUT2D eigenvalue weighted by Gasteiger charge is 2.37. The molecule has 7 nitrogen and oxygen atoms in total. The van der Waals surface area contributed by atoms with Crippen molar-refractivity contribution in [3.63, 3.8) is 0 Å². The van der Waals surface area contributed by atoms with Crippen LogP contribution in [0.3, 0.4) is 0 Å². The van der Waals surface area contributed by atoms with Crippen LogP contribution in [0.2, 0.25) is 0 Å². The molecule has 1 aromatic carbocycles. The van der Waals surface area contributed by atoms with E-state index >= 15 is 0 Å². The van der Waals surface area contributed by atoms with Gasteiger partial charge in [-0.05, 0) is 37.0 Å². The third-order valence-corrected chi connectivity index (χ3v) is 5.07. The van der Waals surface area contributed by atoms with Crippen LogP contribution >= 0.6 is 0 Å². The molecule has 138 valence electrons. The molecule has 26 heavy (non-hydrogen) atoms. The Morgan fingerprint density at radius 3 is 3.12 bits per heavy atom. The topological polar surface area (TPSA) is 88.7 Å². The highest BCUT2D eigenvalue weighted by Crippen LogP contribution is 2.28. The van der Waals surface area contributed by atoms with Crippen molar-refractivity contribution in [3.8, 4) is 5.75 Å². The van der Waals surface area contributed by atoms with Crippen molar-refractivity contribution in [1.82, 2.24) is 15.0 Å². The maximum Gasteiger partial charge on any atom is 0.229 e. The van der Waals surface area contributed by atoms with Crippen molar-refractivity contribution >= 4 is 5.91 Å². The number of hydrogen-bond donors (Lipinski definition) is 1. The standard InChI is InChI=1S/C19H23N3O4/c1-13-20-17(26-21-13)11-19(24)6-2-7-22(12-19)18(23)10-14-3-4-16-15(9-14)5-8-25-16/h3-4,9,24H,2,5-8,10-12H2,1H3. The minimum atomic E-state index is -1.02. The molecule has 0 spiro atoms. The molecule has 1 atom stereocenters. The van der Waals surface area contributed by atoms with Crippen LogP contribution in [0, 0.1) is 6.92 Å². The van der Waals surface area contributed by atoms with Gasteiger partial charge in [0.05, 0.1) is 25.0 Å². The first-order valence-corrected chi connectivity index (χ1v) is 9.05. The number of benzene rings is 1. The van der Waals surface area contributed by atoms with Crippen LogP contribution in [-0.4, -0.2) is 51.4 Å². The Hall–Kier alpha value is -2.41. The SMILES string of the molecule is Cc1noc(CC2(O)CCCN(C(=O)Cc3ccc4c(c3)CCO4)C2)n1. The average molecular weight is 357 g/mol. The van der Waals surface area contributed by atoms with Gasteiger partial charge in [-0.1, -0.05) is 17.3 Å². The van der Waals surface area contributed by atoms with Gasteiger partial charge in [0.1, 0.15) is 5.75 Å². The van der Waals surface area contributed by atoms with Gasteiger partial charge in [0, 0.05) is 19.5 Å². The number of β-amino-alcohol motifs (C(OH)–C–C–N with tert-alkyl or cyclic N) is 1. The van der Waals surface area contributed by atoms with Crippen LogP contribution in [0.1, 0.15) is 35.7 Å². The number of aromatic nitrogens is 2. The first kappa shape index (κ1) is 17.0. The molecule has 1 fully saturated rings. The molecule has 1 N–H and O–H groups in total. The molecular formula is C19H23N3O4. The third kappa shape index (κ3) is 3.58. The average Bonchev–Trinajstić information content (AvgIpc) is 3.22. The van der Waals surface area contributed by atoms with Gasteiger partial charge in [-0.3, -0.25) is 4.79 Å². The molecule has 0 aliphatic carbocycles. The molecule has 0 bridgehead atoms. The van der Waals surface area contributed by atoms with Gasteiger partial charge in [-0.2, -0.15) is 4.98 Å². The number of aliphatic hydroxyl groups is 1. The Labute approximate surface area is 152 Å². The Morgan fingerprint density at radius 2 is 2.31 bits per heavy atom. The van der Waals surface area contributed by atoms with Gasteiger partial charge in [0.15, 0.2) is 5.82 Å². The van der Waals surface area contributed by atoms with E-state index in [0.29, 0.717) is 44.3 Å². The highest BCUT2D eigenvalue weighted by molar-refractivity contribution is 5.79. The van der Waals surface area contributed by atoms with Gasteiger partial charge >= 0.3 is 0 Å². The summed E-state index contributed by atoms with van der Waals surface area (Å²) >= 11 is 0. The Kier molecular flexibility index (Phi) is 4.40. The number of likely N-dealkylation sites (tertiary alicyclic amines) is 1. The quantitative estimate of drug-likeness (QED) is 0.891. The maximum atomic E-state index is 12.7. The Bertz CT molecular complexity index is 819. The minimum Gasteiger partial charge on any atom is -0.493 e. The molecule has 0 radical (unpaired) electrons. The summed E-state index contributed by atoms with van der Waals surface area (Å²) in [6, 6.07) is 5.94. The van der Waals surface area contributed by atoms with E-state index in [2.05, 4.69) is 16.2 Å². The molecule has 1 saturated heterocycles. The van der Waals surface area contributed by atoms with E-state index in [1.54, 1.807) is 11.8 Å². The van der Waals surface area contributed by atoms with Crippen LogP contribution in [0.25, 0.3) is 0 Å². The van der Waals surface area contributed by atoms with E-state index in [1.807, 2.05) is 12.1 Å². The zero-order chi connectivity index (χ0) is 18.1. The molecule has 2 aliphatic heterocycles. The van der Waals surface area contributed by atoms with Crippen LogP contribution in [0.4, 0.5) is 0 Å². The van der Waals surface area contributed by atoms with E-state index in [-0.39, 0.29) is 12.3 Å². The predicted octanol–water partition coefficient (Wildman–Crippen LogP) is 1.45. The molecule has 2 aliphatic rings. The van der Waals surface area contributed by atoms with Gasteiger partial charge in [-0.15, -0.1) is 0 Å². The number of piperidine rings is 1. The number of fused-ring (bicyclic) bond motifs is 1. The molecule has 4 rings (SSSR count). The molecule has 0 saturated carbocycles. The van der Waals surface area contributed by atoms with Crippen molar-refractivity contribution < 1.29 is 19.2 Å². The van der Waals surface area contributed by atoms with Gasteiger partial charge in [-0.25, -0.2) is 0 Å². The second kappa shape index (κ2) is 6.72. The number of rotatable bonds is 4. The zero-order valence-electron chi connectivity index (χ0n) is 14.9. The fourth-order valence-corrected chi connectivity index (χ4v) is 3.80. The number of nitrogens with zero attached hydrogens (tertiary/aromatic N) is 3. The lowest BCUT2D eigenvalue weighted by Crippen LogP contribution is -2.51. The second-order valence-corrected chi connectivity index (χ2v) is 7.27. The Morgan fingerprint density at radius 1 is 1.42 bits per heavy atom. The molecule has 2 aromatic rings. The largest absolute Gasteiger partial charge is 0.493 e. The Balaban J connectivity index is 1.41. The minimum absolute atomic E-state index is 0.0312. The summed E-state index contributed by atoms with van der Waals surface area (Å²) in [7, 11) is 0. The number of amides is 1. The lowest BCUT2D eigenvalue weighted by molar-refractivity contribution is -0.137.